The largest absolute Gasteiger partial charge is 0.391 e. The van der Waals surface area contributed by atoms with Crippen LogP contribution in [0.4, 0.5) is 19.0 Å². The standard InChI is InChI=1S/C10H13F3N2/c1-7-4-3-5-14-9(7)15-8(2)6-10(11,12)13/h3-5,8H,6H2,1-2H3,(H,14,15). The topological polar surface area (TPSA) is 24.9 Å². The van der Waals surface area contributed by atoms with Crippen LogP contribution >= 0.6 is 0 Å². The summed E-state index contributed by atoms with van der Waals surface area (Å²) in [6, 6.07) is 2.88. The first-order valence-corrected chi connectivity index (χ1v) is 4.63. The number of nitrogens with zero attached hydrogens (tertiary/aromatic N) is 1. The third-order valence-corrected chi connectivity index (χ3v) is 1.93. The minimum Gasteiger partial charge on any atom is -0.367 e. The summed E-state index contributed by atoms with van der Waals surface area (Å²) in [4.78, 5) is 3.97. The van der Waals surface area contributed by atoms with Crippen molar-refractivity contribution in [3.05, 3.63) is 23.9 Å². The number of halogens is 3. The Morgan fingerprint density at radius 1 is 1.47 bits per heavy atom. The van der Waals surface area contributed by atoms with Crippen molar-refractivity contribution in [1.29, 1.82) is 0 Å². The lowest BCUT2D eigenvalue weighted by molar-refractivity contribution is -0.136. The van der Waals surface area contributed by atoms with Gasteiger partial charge >= 0.3 is 6.18 Å². The molecule has 0 bridgehead atoms. The van der Waals surface area contributed by atoms with Gasteiger partial charge in [-0.1, -0.05) is 6.07 Å². The molecule has 2 nitrogen and oxygen atoms in total. The Hall–Kier alpha value is -1.26. The van der Waals surface area contributed by atoms with E-state index in [1.165, 1.54) is 6.92 Å². The van der Waals surface area contributed by atoms with Crippen molar-refractivity contribution in [2.45, 2.75) is 32.5 Å². The summed E-state index contributed by atoms with van der Waals surface area (Å²) in [6.45, 7) is 3.29. The lowest BCUT2D eigenvalue weighted by Gasteiger charge is -2.17. The second kappa shape index (κ2) is 4.51. The van der Waals surface area contributed by atoms with Crippen molar-refractivity contribution in [3.63, 3.8) is 0 Å². The van der Waals surface area contributed by atoms with E-state index in [1.807, 2.05) is 0 Å². The Balaban J connectivity index is 2.59. The predicted molar refractivity (Wildman–Crippen MR) is 52.7 cm³/mol. The highest BCUT2D eigenvalue weighted by atomic mass is 19.4. The molecule has 0 fully saturated rings. The molecular formula is C10H13F3N2. The van der Waals surface area contributed by atoms with Gasteiger partial charge in [0.15, 0.2) is 0 Å². The van der Waals surface area contributed by atoms with Gasteiger partial charge in [-0.2, -0.15) is 13.2 Å². The Bertz CT molecular complexity index is 323. The van der Waals surface area contributed by atoms with E-state index in [2.05, 4.69) is 10.3 Å². The van der Waals surface area contributed by atoms with E-state index in [9.17, 15) is 13.2 Å². The zero-order chi connectivity index (χ0) is 11.5. The van der Waals surface area contributed by atoms with Gasteiger partial charge in [-0.15, -0.1) is 0 Å². The van der Waals surface area contributed by atoms with Crippen LogP contribution in [0.1, 0.15) is 18.9 Å². The summed E-state index contributed by atoms with van der Waals surface area (Å²) in [5.74, 6) is 0.509. The molecule has 1 atom stereocenters. The lowest BCUT2D eigenvalue weighted by atomic mass is 10.2. The minimum absolute atomic E-state index is 0.509. The van der Waals surface area contributed by atoms with Crippen LogP contribution in [-0.4, -0.2) is 17.2 Å². The first kappa shape index (κ1) is 11.8. The molecule has 0 saturated carbocycles. The van der Waals surface area contributed by atoms with Crippen molar-refractivity contribution in [2.75, 3.05) is 5.32 Å². The third-order valence-electron chi connectivity index (χ3n) is 1.93. The minimum atomic E-state index is -4.14. The Morgan fingerprint density at radius 2 is 2.13 bits per heavy atom. The van der Waals surface area contributed by atoms with Gasteiger partial charge in [-0.25, -0.2) is 4.98 Å². The van der Waals surface area contributed by atoms with Crippen molar-refractivity contribution >= 4 is 5.82 Å². The summed E-state index contributed by atoms with van der Waals surface area (Å²) in [5.41, 5.74) is 0.839. The summed E-state index contributed by atoms with van der Waals surface area (Å²) >= 11 is 0. The molecule has 0 amide bonds. The summed E-state index contributed by atoms with van der Waals surface area (Å²) < 4.78 is 36.1. The average molecular weight is 218 g/mol. The van der Waals surface area contributed by atoms with E-state index >= 15 is 0 Å². The lowest BCUT2D eigenvalue weighted by Crippen LogP contribution is -2.24. The average Bonchev–Trinajstić information content (AvgIpc) is 2.05. The maximum Gasteiger partial charge on any atom is 0.391 e. The van der Waals surface area contributed by atoms with Gasteiger partial charge in [-0.3, -0.25) is 0 Å². The van der Waals surface area contributed by atoms with E-state index in [0.29, 0.717) is 5.82 Å². The fourth-order valence-electron chi connectivity index (χ4n) is 1.27. The van der Waals surface area contributed by atoms with Crippen LogP contribution in [0.25, 0.3) is 0 Å². The van der Waals surface area contributed by atoms with Crippen molar-refractivity contribution < 1.29 is 13.2 Å². The fraction of sp³-hybridized carbons (Fsp3) is 0.500. The molecule has 1 unspecified atom stereocenters. The van der Waals surface area contributed by atoms with Gasteiger partial charge in [-0.05, 0) is 25.5 Å². The molecular weight excluding hydrogens is 205 g/mol. The molecule has 1 aromatic rings. The van der Waals surface area contributed by atoms with E-state index in [-0.39, 0.29) is 0 Å². The van der Waals surface area contributed by atoms with Crippen LogP contribution < -0.4 is 5.32 Å². The number of aromatic nitrogens is 1. The number of nitrogens with one attached hydrogen (secondary N) is 1. The quantitative estimate of drug-likeness (QED) is 0.843. The molecule has 0 aliphatic heterocycles. The van der Waals surface area contributed by atoms with E-state index in [1.54, 1.807) is 25.3 Å². The number of pyridine rings is 1. The normalized spacial score (nSPS) is 13.7. The van der Waals surface area contributed by atoms with Crippen molar-refractivity contribution in [1.82, 2.24) is 4.98 Å². The highest BCUT2D eigenvalue weighted by Gasteiger charge is 2.30. The second-order valence-electron chi connectivity index (χ2n) is 3.53. The Kier molecular flexibility index (Phi) is 3.55. The third kappa shape index (κ3) is 4.18. The zero-order valence-corrected chi connectivity index (χ0v) is 8.60. The van der Waals surface area contributed by atoms with E-state index in [0.717, 1.165) is 5.56 Å². The number of hydrogen-bond donors (Lipinski definition) is 1. The fourth-order valence-corrected chi connectivity index (χ4v) is 1.27. The summed E-state index contributed by atoms with van der Waals surface area (Å²) in [6.07, 6.45) is -3.45. The number of anilines is 1. The highest BCUT2D eigenvalue weighted by Crippen LogP contribution is 2.23. The maximum absolute atomic E-state index is 12.0. The summed E-state index contributed by atoms with van der Waals surface area (Å²) in [5, 5.41) is 2.74. The van der Waals surface area contributed by atoms with Crippen LogP contribution in [0.3, 0.4) is 0 Å². The molecule has 5 heteroatoms. The van der Waals surface area contributed by atoms with Gasteiger partial charge in [0.1, 0.15) is 5.82 Å². The molecule has 0 saturated heterocycles. The van der Waals surface area contributed by atoms with Gasteiger partial charge in [0, 0.05) is 12.2 Å². The van der Waals surface area contributed by atoms with Crippen LogP contribution in [0.15, 0.2) is 18.3 Å². The maximum atomic E-state index is 12.0. The number of rotatable bonds is 3. The van der Waals surface area contributed by atoms with Crippen LogP contribution in [0.2, 0.25) is 0 Å². The molecule has 0 spiro atoms. The molecule has 1 aromatic heterocycles. The molecule has 15 heavy (non-hydrogen) atoms. The predicted octanol–water partition coefficient (Wildman–Crippen LogP) is 3.14. The molecule has 1 heterocycles. The monoisotopic (exact) mass is 218 g/mol. The first-order valence-electron chi connectivity index (χ1n) is 4.63. The second-order valence-corrected chi connectivity index (χ2v) is 3.53. The number of aryl methyl sites for hydroxylation is 1. The van der Waals surface area contributed by atoms with Crippen molar-refractivity contribution in [2.24, 2.45) is 0 Å². The molecule has 0 aliphatic rings. The van der Waals surface area contributed by atoms with Crippen molar-refractivity contribution in [3.8, 4) is 0 Å². The van der Waals surface area contributed by atoms with E-state index < -0.39 is 18.6 Å². The number of hydrogen-bond acceptors (Lipinski definition) is 2. The molecule has 0 aliphatic carbocycles. The SMILES string of the molecule is Cc1cccnc1NC(C)CC(F)(F)F. The molecule has 0 aromatic carbocycles. The van der Waals surface area contributed by atoms with Gasteiger partial charge in [0.2, 0.25) is 0 Å². The van der Waals surface area contributed by atoms with Crippen LogP contribution in [0, 0.1) is 6.92 Å². The smallest absolute Gasteiger partial charge is 0.367 e. The Morgan fingerprint density at radius 3 is 2.67 bits per heavy atom. The van der Waals surface area contributed by atoms with Gasteiger partial charge < -0.3 is 5.32 Å². The van der Waals surface area contributed by atoms with Gasteiger partial charge in [0.05, 0.1) is 6.42 Å². The molecule has 1 N–H and O–H groups in total. The van der Waals surface area contributed by atoms with E-state index in [4.69, 9.17) is 0 Å². The summed E-state index contributed by atoms with van der Waals surface area (Å²) in [7, 11) is 0. The zero-order valence-electron chi connectivity index (χ0n) is 8.60. The Labute approximate surface area is 86.5 Å². The molecule has 1 rings (SSSR count). The molecule has 84 valence electrons. The van der Waals surface area contributed by atoms with Gasteiger partial charge in [0.25, 0.3) is 0 Å². The molecule has 0 radical (unpaired) electrons. The first-order chi connectivity index (χ1) is 6.88. The van der Waals surface area contributed by atoms with Crippen LogP contribution in [-0.2, 0) is 0 Å². The highest BCUT2D eigenvalue weighted by molar-refractivity contribution is 5.43. The number of alkyl halides is 3. The van der Waals surface area contributed by atoms with Crippen LogP contribution in [0.5, 0.6) is 0 Å².